The van der Waals surface area contributed by atoms with Crippen molar-refractivity contribution in [2.24, 2.45) is 0 Å². The summed E-state index contributed by atoms with van der Waals surface area (Å²) >= 11 is 0. The Bertz CT molecular complexity index is 873. The number of hydrogen-bond donors (Lipinski definition) is 1. The SMILES string of the molecule is CCOC(=O)c1cnn(S(=O)(=O)c2ccccc2[N+](=O)[O-])c1N. The van der Waals surface area contributed by atoms with E-state index in [9.17, 15) is 23.3 Å². The molecule has 0 aliphatic rings. The zero-order valence-corrected chi connectivity index (χ0v) is 12.7. The average molecular weight is 340 g/mol. The van der Waals surface area contributed by atoms with E-state index in [-0.39, 0.29) is 12.2 Å². The van der Waals surface area contributed by atoms with Crippen LogP contribution in [-0.2, 0) is 14.8 Å². The zero-order valence-electron chi connectivity index (χ0n) is 11.9. The van der Waals surface area contributed by atoms with Crippen LogP contribution in [0, 0.1) is 10.1 Å². The standard InChI is InChI=1S/C12H12N4O6S/c1-2-22-12(17)8-7-14-15(11(8)13)23(20,21)10-6-4-3-5-9(10)16(18)19/h3-7H,2,13H2,1H3. The van der Waals surface area contributed by atoms with E-state index < -0.39 is 37.3 Å². The minimum atomic E-state index is -4.44. The second-order valence-corrected chi connectivity index (χ2v) is 5.97. The first kappa shape index (κ1) is 16.4. The highest BCUT2D eigenvalue weighted by Gasteiger charge is 2.31. The number of ether oxygens (including phenoxy) is 1. The van der Waals surface area contributed by atoms with Crippen molar-refractivity contribution in [1.82, 2.24) is 9.19 Å². The second kappa shape index (κ2) is 6.04. The Balaban J connectivity index is 2.59. The number of esters is 1. The predicted octanol–water partition coefficient (Wildman–Crippen LogP) is 0.787. The third-order valence-electron chi connectivity index (χ3n) is 2.84. The Morgan fingerprint density at radius 3 is 2.70 bits per heavy atom. The fourth-order valence-electron chi connectivity index (χ4n) is 1.82. The van der Waals surface area contributed by atoms with Gasteiger partial charge in [0, 0.05) is 6.07 Å². The Hall–Kier alpha value is -2.95. The molecule has 1 heterocycles. The van der Waals surface area contributed by atoms with Crippen LogP contribution in [0.5, 0.6) is 0 Å². The van der Waals surface area contributed by atoms with Gasteiger partial charge in [-0.2, -0.15) is 13.5 Å². The maximum Gasteiger partial charge on any atom is 0.343 e. The molecule has 0 radical (unpaired) electrons. The monoisotopic (exact) mass is 340 g/mol. The van der Waals surface area contributed by atoms with E-state index in [1.807, 2.05) is 0 Å². The number of carbonyl (C=O) groups is 1. The summed E-state index contributed by atoms with van der Waals surface area (Å²) < 4.78 is 30.2. The fourth-order valence-corrected chi connectivity index (χ4v) is 3.19. The summed E-state index contributed by atoms with van der Waals surface area (Å²) in [6.45, 7) is 1.64. The lowest BCUT2D eigenvalue weighted by Crippen LogP contribution is -2.19. The normalized spacial score (nSPS) is 11.2. The molecule has 1 aromatic heterocycles. The summed E-state index contributed by atoms with van der Waals surface area (Å²) in [5.74, 6) is -1.32. The highest BCUT2D eigenvalue weighted by molar-refractivity contribution is 7.90. The van der Waals surface area contributed by atoms with E-state index in [0.717, 1.165) is 18.3 Å². The molecule has 23 heavy (non-hydrogen) atoms. The molecule has 11 heteroatoms. The van der Waals surface area contributed by atoms with Gasteiger partial charge in [0.1, 0.15) is 5.56 Å². The number of nitro benzene ring substituents is 1. The molecule has 0 aliphatic heterocycles. The summed E-state index contributed by atoms with van der Waals surface area (Å²) in [7, 11) is -4.44. The van der Waals surface area contributed by atoms with Gasteiger partial charge in [0.2, 0.25) is 0 Å². The lowest BCUT2D eigenvalue weighted by molar-refractivity contribution is -0.387. The van der Waals surface area contributed by atoms with Gasteiger partial charge < -0.3 is 10.5 Å². The molecule has 1 aromatic carbocycles. The molecule has 0 unspecified atom stereocenters. The predicted molar refractivity (Wildman–Crippen MR) is 78.3 cm³/mol. The van der Waals surface area contributed by atoms with Gasteiger partial charge in [-0.3, -0.25) is 10.1 Å². The smallest absolute Gasteiger partial charge is 0.343 e. The van der Waals surface area contributed by atoms with Crippen molar-refractivity contribution in [2.45, 2.75) is 11.8 Å². The largest absolute Gasteiger partial charge is 0.462 e. The summed E-state index contributed by atoms with van der Waals surface area (Å²) in [6.07, 6.45) is 0.930. The number of anilines is 1. The summed E-state index contributed by atoms with van der Waals surface area (Å²) in [4.78, 5) is 21.2. The van der Waals surface area contributed by atoms with Crippen LogP contribution < -0.4 is 5.73 Å². The number of rotatable bonds is 5. The lowest BCUT2D eigenvalue weighted by atomic mass is 10.3. The summed E-state index contributed by atoms with van der Waals surface area (Å²) in [6, 6.07) is 4.75. The maximum atomic E-state index is 12.5. The van der Waals surface area contributed by atoms with Crippen molar-refractivity contribution < 1.29 is 22.9 Å². The number of carbonyl (C=O) groups excluding carboxylic acids is 1. The highest BCUT2D eigenvalue weighted by Crippen LogP contribution is 2.27. The molecule has 0 aliphatic carbocycles. The van der Waals surface area contributed by atoms with E-state index in [1.165, 1.54) is 12.1 Å². The molecule has 10 nitrogen and oxygen atoms in total. The van der Waals surface area contributed by atoms with Gasteiger partial charge in [0.05, 0.1) is 17.7 Å². The minimum Gasteiger partial charge on any atom is -0.462 e. The zero-order chi connectivity index (χ0) is 17.2. The van der Waals surface area contributed by atoms with Crippen molar-refractivity contribution in [2.75, 3.05) is 12.3 Å². The van der Waals surface area contributed by atoms with Crippen LogP contribution in [0.1, 0.15) is 17.3 Å². The number of nitrogen functional groups attached to an aromatic ring is 1. The number of benzene rings is 1. The summed E-state index contributed by atoms with van der Waals surface area (Å²) in [5, 5.41) is 14.5. The van der Waals surface area contributed by atoms with E-state index in [0.29, 0.717) is 4.09 Å². The molecule has 2 N–H and O–H groups in total. The van der Waals surface area contributed by atoms with Crippen LogP contribution in [0.4, 0.5) is 11.5 Å². The number of aromatic nitrogens is 2. The molecule has 2 aromatic rings. The number of nitro groups is 1. The van der Waals surface area contributed by atoms with E-state index >= 15 is 0 Å². The van der Waals surface area contributed by atoms with E-state index in [1.54, 1.807) is 6.92 Å². The molecular weight excluding hydrogens is 328 g/mol. The number of para-hydroxylation sites is 1. The molecular formula is C12H12N4O6S. The first-order chi connectivity index (χ1) is 10.8. The topological polar surface area (TPSA) is 147 Å². The molecule has 0 saturated carbocycles. The average Bonchev–Trinajstić information content (AvgIpc) is 2.90. The molecule has 0 bridgehead atoms. The summed E-state index contributed by atoms with van der Waals surface area (Å²) in [5.41, 5.74) is 4.77. The van der Waals surface area contributed by atoms with Crippen molar-refractivity contribution in [3.8, 4) is 0 Å². The van der Waals surface area contributed by atoms with Gasteiger partial charge in [-0.25, -0.2) is 4.79 Å². The van der Waals surface area contributed by atoms with Gasteiger partial charge in [0.15, 0.2) is 10.7 Å². The molecule has 0 saturated heterocycles. The van der Waals surface area contributed by atoms with Gasteiger partial charge in [0.25, 0.3) is 15.7 Å². The van der Waals surface area contributed by atoms with Gasteiger partial charge >= 0.3 is 5.97 Å². The number of nitrogens with two attached hydrogens (primary N) is 1. The van der Waals surface area contributed by atoms with Crippen LogP contribution in [0.2, 0.25) is 0 Å². The third kappa shape index (κ3) is 2.85. The first-order valence-corrected chi connectivity index (χ1v) is 7.74. The van der Waals surface area contributed by atoms with Crippen LogP contribution in [-0.4, -0.2) is 35.1 Å². The Labute approximate surface area is 130 Å². The quantitative estimate of drug-likeness (QED) is 0.477. The Morgan fingerprint density at radius 1 is 1.43 bits per heavy atom. The second-order valence-electron chi connectivity index (χ2n) is 4.24. The van der Waals surface area contributed by atoms with Gasteiger partial charge in [-0.05, 0) is 13.0 Å². The molecule has 0 atom stereocenters. The van der Waals surface area contributed by atoms with Crippen molar-refractivity contribution in [3.63, 3.8) is 0 Å². The van der Waals surface area contributed by atoms with E-state index in [2.05, 4.69) is 5.10 Å². The molecule has 0 amide bonds. The Morgan fingerprint density at radius 2 is 2.09 bits per heavy atom. The van der Waals surface area contributed by atoms with Crippen LogP contribution >= 0.6 is 0 Å². The maximum absolute atomic E-state index is 12.5. The van der Waals surface area contributed by atoms with Crippen molar-refractivity contribution in [1.29, 1.82) is 0 Å². The van der Waals surface area contributed by atoms with Crippen LogP contribution in [0.25, 0.3) is 0 Å². The van der Waals surface area contributed by atoms with Crippen molar-refractivity contribution >= 4 is 27.5 Å². The van der Waals surface area contributed by atoms with Crippen LogP contribution in [0.15, 0.2) is 35.4 Å². The molecule has 0 spiro atoms. The lowest BCUT2D eigenvalue weighted by Gasteiger charge is -2.07. The molecule has 122 valence electrons. The first-order valence-electron chi connectivity index (χ1n) is 6.30. The van der Waals surface area contributed by atoms with Gasteiger partial charge in [-0.1, -0.05) is 12.1 Å². The van der Waals surface area contributed by atoms with E-state index in [4.69, 9.17) is 10.5 Å². The van der Waals surface area contributed by atoms with Crippen molar-refractivity contribution in [3.05, 3.63) is 46.1 Å². The number of nitrogens with zero attached hydrogens (tertiary/aromatic N) is 3. The molecule has 2 rings (SSSR count). The fraction of sp³-hybridized carbons (Fsp3) is 0.167. The van der Waals surface area contributed by atoms with Crippen LogP contribution in [0.3, 0.4) is 0 Å². The third-order valence-corrected chi connectivity index (χ3v) is 4.48. The van der Waals surface area contributed by atoms with Gasteiger partial charge in [-0.15, -0.1) is 4.09 Å². The Kier molecular flexibility index (Phi) is 4.31. The number of hydrogen-bond acceptors (Lipinski definition) is 8. The highest BCUT2D eigenvalue weighted by atomic mass is 32.2. The minimum absolute atomic E-state index is 0.0698. The molecule has 0 fully saturated rings.